The summed E-state index contributed by atoms with van der Waals surface area (Å²) in [7, 11) is -12.1. The molecule has 34 heavy (non-hydrogen) atoms. The molecule has 0 atom stereocenters. The van der Waals surface area contributed by atoms with E-state index < -0.39 is 30.4 Å². The summed E-state index contributed by atoms with van der Waals surface area (Å²) in [5, 5.41) is 0. The predicted molar refractivity (Wildman–Crippen MR) is 123 cm³/mol. The van der Waals surface area contributed by atoms with Gasteiger partial charge in [-0.15, -0.1) is 0 Å². The summed E-state index contributed by atoms with van der Waals surface area (Å²) in [6, 6.07) is 18.0. The third kappa shape index (κ3) is 11.9. The first-order valence-electron chi connectivity index (χ1n) is 9.12. The summed E-state index contributed by atoms with van der Waals surface area (Å²) in [6.45, 7) is 5.52. The monoisotopic (exact) mass is 572 g/mol. The van der Waals surface area contributed by atoms with Gasteiger partial charge in [0.1, 0.15) is 0 Å². The van der Waals surface area contributed by atoms with Crippen molar-refractivity contribution in [2.24, 2.45) is 0 Å². The van der Waals surface area contributed by atoms with Crippen LogP contribution >= 0.6 is 0 Å². The molecule has 0 bridgehead atoms. The normalized spacial score (nSPS) is 11.1. The molecule has 0 saturated carbocycles. The molecule has 3 N–H and O–H groups in total. The minimum atomic E-state index is -4.02. The van der Waals surface area contributed by atoms with Crippen molar-refractivity contribution in [3.8, 4) is 0 Å². The summed E-state index contributed by atoms with van der Waals surface area (Å²) in [4.78, 5) is -0.200. The predicted octanol–water partition coefficient (Wildman–Crippen LogP) is 3.72. The summed E-state index contributed by atoms with van der Waals surface area (Å²) >= 11 is 0. The SMILES string of the molecule is Cc1ccc(S(=O)(=O)O)cc1.Cc1ccc(S(=O)(=O)O)cc1.Cc1ccc(S(=O)(=O)O)cc1.[Fe]. The third-order valence-corrected chi connectivity index (χ3v) is 6.56. The van der Waals surface area contributed by atoms with Gasteiger partial charge in [-0.3, -0.25) is 13.7 Å². The van der Waals surface area contributed by atoms with Crippen LogP contribution in [0.15, 0.2) is 87.5 Å². The first-order valence-corrected chi connectivity index (χ1v) is 13.4. The van der Waals surface area contributed by atoms with Crippen LogP contribution in [0, 0.1) is 20.8 Å². The maximum absolute atomic E-state index is 10.5. The van der Waals surface area contributed by atoms with Gasteiger partial charge >= 0.3 is 0 Å². The number of rotatable bonds is 3. The van der Waals surface area contributed by atoms with Gasteiger partial charge in [0.2, 0.25) is 0 Å². The molecule has 13 heteroatoms. The van der Waals surface area contributed by atoms with E-state index in [0.29, 0.717) is 0 Å². The molecular weight excluding hydrogens is 548 g/mol. The molecule has 0 heterocycles. The molecule has 3 aromatic carbocycles. The van der Waals surface area contributed by atoms with Crippen LogP contribution in [0.25, 0.3) is 0 Å². The molecule has 3 aromatic rings. The fourth-order valence-electron chi connectivity index (χ4n) is 2.13. The molecule has 0 unspecified atom stereocenters. The smallest absolute Gasteiger partial charge is 0.282 e. The Balaban J connectivity index is 0.000000473. The number of hydrogen-bond donors (Lipinski definition) is 3. The van der Waals surface area contributed by atoms with Gasteiger partial charge < -0.3 is 0 Å². The van der Waals surface area contributed by atoms with Crippen LogP contribution in [-0.4, -0.2) is 38.9 Å². The zero-order chi connectivity index (χ0) is 25.4. The van der Waals surface area contributed by atoms with Crippen LogP contribution in [0.3, 0.4) is 0 Å². The second kappa shape index (κ2) is 13.1. The average Bonchev–Trinajstić information content (AvgIpc) is 2.68. The fourth-order valence-corrected chi connectivity index (χ4v) is 3.57. The Morgan fingerprint density at radius 3 is 0.676 bits per heavy atom. The molecule has 0 amide bonds. The second-order valence-corrected chi connectivity index (χ2v) is 11.1. The van der Waals surface area contributed by atoms with Gasteiger partial charge in [0, 0.05) is 17.1 Å². The molecule has 0 aromatic heterocycles. The Bertz CT molecular complexity index is 1190. The molecule has 3 rings (SSSR count). The Kier molecular flexibility index (Phi) is 12.3. The van der Waals surface area contributed by atoms with Crippen LogP contribution in [0.1, 0.15) is 16.7 Å². The van der Waals surface area contributed by atoms with E-state index in [4.69, 9.17) is 13.7 Å². The van der Waals surface area contributed by atoms with E-state index in [0.717, 1.165) is 16.7 Å². The van der Waals surface area contributed by atoms with Gasteiger partial charge in [0.25, 0.3) is 30.4 Å². The zero-order valence-electron chi connectivity index (χ0n) is 18.3. The van der Waals surface area contributed by atoms with Crippen LogP contribution in [0.2, 0.25) is 0 Å². The maximum Gasteiger partial charge on any atom is 0.294 e. The standard InChI is InChI=1S/3C7H8O3S.Fe/c3*1-6-2-4-7(5-3-6)11(8,9)10;/h3*2-5H,1H3,(H,8,9,10);. The Morgan fingerprint density at radius 2 is 0.559 bits per heavy atom. The molecule has 0 fully saturated rings. The van der Waals surface area contributed by atoms with Crippen LogP contribution < -0.4 is 0 Å². The van der Waals surface area contributed by atoms with E-state index in [9.17, 15) is 25.3 Å². The van der Waals surface area contributed by atoms with E-state index in [2.05, 4.69) is 0 Å². The largest absolute Gasteiger partial charge is 0.294 e. The van der Waals surface area contributed by atoms with Crippen molar-refractivity contribution >= 4 is 30.4 Å². The summed E-state index contributed by atoms with van der Waals surface area (Å²) in [5.74, 6) is 0. The first-order chi connectivity index (χ1) is 15.0. The summed E-state index contributed by atoms with van der Waals surface area (Å²) in [6.07, 6.45) is 0. The summed E-state index contributed by atoms with van der Waals surface area (Å²) < 4.78 is 88.7. The molecule has 0 aliphatic rings. The minimum absolute atomic E-state index is 0. The molecule has 9 nitrogen and oxygen atoms in total. The van der Waals surface area contributed by atoms with Gasteiger partial charge in [0.15, 0.2) is 0 Å². The van der Waals surface area contributed by atoms with Gasteiger partial charge in [0.05, 0.1) is 14.7 Å². The van der Waals surface area contributed by atoms with Crippen LogP contribution in [-0.2, 0) is 47.4 Å². The molecule has 0 saturated heterocycles. The van der Waals surface area contributed by atoms with E-state index in [1.54, 1.807) is 36.4 Å². The van der Waals surface area contributed by atoms with Crippen molar-refractivity contribution in [1.29, 1.82) is 0 Å². The van der Waals surface area contributed by atoms with E-state index in [1.807, 2.05) is 20.8 Å². The van der Waals surface area contributed by atoms with Crippen molar-refractivity contribution in [3.05, 3.63) is 89.5 Å². The van der Waals surface area contributed by atoms with Crippen LogP contribution in [0.4, 0.5) is 0 Å². The van der Waals surface area contributed by atoms with Crippen molar-refractivity contribution in [2.75, 3.05) is 0 Å². The van der Waals surface area contributed by atoms with Gasteiger partial charge in [-0.1, -0.05) is 53.1 Å². The number of aryl methyl sites for hydroxylation is 3. The molecule has 0 aliphatic heterocycles. The van der Waals surface area contributed by atoms with E-state index in [1.165, 1.54) is 36.4 Å². The van der Waals surface area contributed by atoms with Gasteiger partial charge in [-0.2, -0.15) is 25.3 Å². The quantitative estimate of drug-likeness (QED) is 0.314. The van der Waals surface area contributed by atoms with Crippen molar-refractivity contribution in [3.63, 3.8) is 0 Å². The summed E-state index contributed by atoms with van der Waals surface area (Å²) in [5.41, 5.74) is 2.87. The van der Waals surface area contributed by atoms with E-state index in [-0.39, 0.29) is 31.8 Å². The van der Waals surface area contributed by atoms with Crippen molar-refractivity contribution < 1.29 is 56.0 Å². The van der Waals surface area contributed by atoms with Crippen LogP contribution in [0.5, 0.6) is 0 Å². The number of hydrogen-bond acceptors (Lipinski definition) is 6. The topological polar surface area (TPSA) is 163 Å². The molecule has 0 spiro atoms. The Hall–Kier alpha value is -2.09. The van der Waals surface area contributed by atoms with Crippen molar-refractivity contribution in [2.45, 2.75) is 35.5 Å². The van der Waals surface area contributed by atoms with E-state index >= 15 is 0 Å². The minimum Gasteiger partial charge on any atom is -0.282 e. The van der Waals surface area contributed by atoms with Gasteiger partial charge in [-0.25, -0.2) is 0 Å². The second-order valence-electron chi connectivity index (χ2n) is 6.86. The van der Waals surface area contributed by atoms with Crippen molar-refractivity contribution in [1.82, 2.24) is 0 Å². The molecule has 0 aliphatic carbocycles. The third-order valence-electron chi connectivity index (χ3n) is 3.96. The molecular formula is C21H24FeO9S3. The zero-order valence-corrected chi connectivity index (χ0v) is 21.9. The number of benzene rings is 3. The maximum atomic E-state index is 10.5. The average molecular weight is 572 g/mol. The molecule has 188 valence electrons. The Morgan fingerprint density at radius 1 is 0.412 bits per heavy atom. The fraction of sp³-hybridized carbons (Fsp3) is 0.143. The molecule has 0 radical (unpaired) electrons. The Labute approximate surface area is 210 Å². The van der Waals surface area contributed by atoms with Gasteiger partial charge in [-0.05, 0) is 57.2 Å². The first kappa shape index (κ1) is 31.9.